The Balaban J connectivity index is 2.19. The molecule has 1 fully saturated rings. The second-order valence-corrected chi connectivity index (χ2v) is 4.13. The molecule has 1 N–H and O–H groups in total. The topological polar surface area (TPSA) is 12.0 Å². The lowest BCUT2D eigenvalue weighted by molar-refractivity contribution is 0.517. The lowest BCUT2D eigenvalue weighted by Gasteiger charge is -2.12. The molecule has 2 heteroatoms. The van der Waals surface area contributed by atoms with Crippen LogP contribution in [-0.4, -0.2) is 6.04 Å². The summed E-state index contributed by atoms with van der Waals surface area (Å²) in [6.45, 7) is 0. The van der Waals surface area contributed by atoms with E-state index in [4.69, 9.17) is 0 Å². The van der Waals surface area contributed by atoms with E-state index in [1.165, 1.54) is 51.4 Å². The molecule has 66 valence electrons. The maximum atomic E-state index is 3.37. The maximum absolute atomic E-state index is 3.37. The van der Waals surface area contributed by atoms with Crippen LogP contribution in [-0.2, 0) is 0 Å². The molecule has 0 atom stereocenters. The third-order valence-electron chi connectivity index (χ3n) is 2.51. The molecule has 0 aromatic heterocycles. The molecular weight excluding hydrogens is 249 g/mol. The van der Waals surface area contributed by atoms with Gasteiger partial charge in [-0.15, -0.1) is 0 Å². The van der Waals surface area contributed by atoms with Gasteiger partial charge in [-0.1, -0.05) is 38.5 Å². The van der Waals surface area contributed by atoms with E-state index in [0.29, 0.717) is 0 Å². The Kier molecular flexibility index (Phi) is 5.54. The average Bonchev–Trinajstić information content (AvgIpc) is 2.16. The summed E-state index contributed by atoms with van der Waals surface area (Å²) in [6, 6.07) is 0.800. The Labute approximate surface area is 83.8 Å². The van der Waals surface area contributed by atoms with E-state index in [0.717, 1.165) is 6.04 Å². The van der Waals surface area contributed by atoms with E-state index in [1.54, 1.807) is 0 Å². The second kappa shape index (κ2) is 6.23. The summed E-state index contributed by atoms with van der Waals surface area (Å²) in [5.41, 5.74) is 0. The predicted octanol–water partition coefficient (Wildman–Crippen LogP) is 3.43. The van der Waals surface area contributed by atoms with Gasteiger partial charge in [0, 0.05) is 28.9 Å². The van der Waals surface area contributed by atoms with Crippen LogP contribution in [0.2, 0.25) is 0 Å². The van der Waals surface area contributed by atoms with E-state index >= 15 is 0 Å². The van der Waals surface area contributed by atoms with Crippen molar-refractivity contribution in [1.29, 1.82) is 0 Å². The first-order valence-corrected chi connectivity index (χ1v) is 5.87. The molecule has 0 spiro atoms. The van der Waals surface area contributed by atoms with E-state index < -0.39 is 0 Å². The van der Waals surface area contributed by atoms with Gasteiger partial charge in [0.15, 0.2) is 0 Å². The predicted molar refractivity (Wildman–Crippen MR) is 57.9 cm³/mol. The molecule has 0 unspecified atom stereocenters. The molecule has 0 amide bonds. The summed E-state index contributed by atoms with van der Waals surface area (Å²) in [5.74, 6) is 0. The maximum Gasteiger partial charge on any atom is 0.0172 e. The molecule has 0 saturated heterocycles. The third kappa shape index (κ3) is 4.31. The van der Waals surface area contributed by atoms with Crippen LogP contribution in [0.4, 0.5) is 0 Å². The number of rotatable bonds is 1. The van der Waals surface area contributed by atoms with Gasteiger partial charge in [0.1, 0.15) is 0 Å². The van der Waals surface area contributed by atoms with Gasteiger partial charge in [-0.3, -0.25) is 3.53 Å². The molecule has 1 aliphatic carbocycles. The molecule has 0 heterocycles. The fraction of sp³-hybridized carbons (Fsp3) is 1.00. The first-order valence-electron chi connectivity index (χ1n) is 4.79. The molecule has 0 aromatic carbocycles. The SMILES string of the molecule is INC1CCCCCCCC1. The summed E-state index contributed by atoms with van der Waals surface area (Å²) in [7, 11) is 0. The second-order valence-electron chi connectivity index (χ2n) is 3.50. The van der Waals surface area contributed by atoms with Gasteiger partial charge in [-0.2, -0.15) is 0 Å². The number of hydrogen-bond donors (Lipinski definition) is 1. The van der Waals surface area contributed by atoms with Crippen molar-refractivity contribution >= 4 is 22.9 Å². The summed E-state index contributed by atoms with van der Waals surface area (Å²) in [6.07, 6.45) is 11.5. The Morgan fingerprint density at radius 3 is 1.73 bits per heavy atom. The Morgan fingerprint density at radius 1 is 0.818 bits per heavy atom. The zero-order valence-corrected chi connectivity index (χ0v) is 9.27. The minimum Gasteiger partial charge on any atom is -0.258 e. The molecule has 0 aliphatic heterocycles. The van der Waals surface area contributed by atoms with Crippen LogP contribution in [0.5, 0.6) is 0 Å². The van der Waals surface area contributed by atoms with Crippen molar-refractivity contribution < 1.29 is 0 Å². The first-order chi connectivity index (χ1) is 5.43. The van der Waals surface area contributed by atoms with Crippen LogP contribution >= 0.6 is 22.9 Å². The lowest BCUT2D eigenvalue weighted by Crippen LogP contribution is -2.19. The van der Waals surface area contributed by atoms with Gasteiger partial charge in [-0.25, -0.2) is 0 Å². The summed E-state index contributed by atoms with van der Waals surface area (Å²) in [5, 5.41) is 0. The van der Waals surface area contributed by atoms with E-state index in [-0.39, 0.29) is 0 Å². The summed E-state index contributed by atoms with van der Waals surface area (Å²) < 4.78 is 3.37. The first kappa shape index (κ1) is 9.78. The summed E-state index contributed by atoms with van der Waals surface area (Å²) >= 11 is 2.30. The minimum atomic E-state index is 0.800. The normalized spacial score (nSPS) is 23.7. The van der Waals surface area contributed by atoms with Gasteiger partial charge in [-0.05, 0) is 12.8 Å². The van der Waals surface area contributed by atoms with Gasteiger partial charge < -0.3 is 0 Å². The molecule has 11 heavy (non-hydrogen) atoms. The van der Waals surface area contributed by atoms with Crippen LogP contribution in [0.15, 0.2) is 0 Å². The van der Waals surface area contributed by atoms with Crippen molar-refractivity contribution in [2.24, 2.45) is 0 Å². The molecule has 0 radical (unpaired) electrons. The molecular formula is C9H18IN. The van der Waals surface area contributed by atoms with Crippen molar-refractivity contribution in [2.45, 2.75) is 57.4 Å². The molecule has 1 aliphatic rings. The molecule has 1 nitrogen and oxygen atoms in total. The molecule has 0 aromatic rings. The fourth-order valence-electron chi connectivity index (χ4n) is 1.74. The zero-order valence-electron chi connectivity index (χ0n) is 7.11. The smallest absolute Gasteiger partial charge is 0.0172 e. The van der Waals surface area contributed by atoms with Crippen molar-refractivity contribution in [1.82, 2.24) is 3.53 Å². The molecule has 1 rings (SSSR count). The van der Waals surface area contributed by atoms with Crippen LogP contribution in [0, 0.1) is 0 Å². The Hall–Kier alpha value is 0.690. The van der Waals surface area contributed by atoms with Crippen molar-refractivity contribution in [2.75, 3.05) is 0 Å². The van der Waals surface area contributed by atoms with Crippen LogP contribution in [0.25, 0.3) is 0 Å². The van der Waals surface area contributed by atoms with Crippen LogP contribution < -0.4 is 3.53 Å². The largest absolute Gasteiger partial charge is 0.258 e. The van der Waals surface area contributed by atoms with Gasteiger partial charge >= 0.3 is 0 Å². The molecule has 0 bridgehead atoms. The van der Waals surface area contributed by atoms with E-state index in [2.05, 4.69) is 26.4 Å². The average molecular weight is 267 g/mol. The number of hydrogen-bond acceptors (Lipinski definition) is 1. The monoisotopic (exact) mass is 267 g/mol. The van der Waals surface area contributed by atoms with E-state index in [9.17, 15) is 0 Å². The Morgan fingerprint density at radius 2 is 1.27 bits per heavy atom. The van der Waals surface area contributed by atoms with Crippen LogP contribution in [0.3, 0.4) is 0 Å². The van der Waals surface area contributed by atoms with Crippen molar-refractivity contribution in [3.05, 3.63) is 0 Å². The standard InChI is InChI=1S/C9H18IN/c10-11-9-7-5-3-1-2-4-6-8-9/h9,11H,1-8H2. The highest BCUT2D eigenvalue weighted by Gasteiger charge is 2.07. The minimum absolute atomic E-state index is 0.800. The lowest BCUT2D eigenvalue weighted by atomic mass is 10.1. The highest BCUT2D eigenvalue weighted by atomic mass is 127. The highest BCUT2D eigenvalue weighted by molar-refractivity contribution is 14.1. The molecule has 1 saturated carbocycles. The van der Waals surface area contributed by atoms with Gasteiger partial charge in [0.2, 0.25) is 0 Å². The van der Waals surface area contributed by atoms with Crippen molar-refractivity contribution in [3.8, 4) is 0 Å². The third-order valence-corrected chi connectivity index (χ3v) is 3.39. The zero-order chi connectivity index (χ0) is 7.94. The van der Waals surface area contributed by atoms with Gasteiger partial charge in [0.05, 0.1) is 0 Å². The Bertz CT molecular complexity index is 85.6. The van der Waals surface area contributed by atoms with Crippen LogP contribution in [0.1, 0.15) is 51.4 Å². The highest BCUT2D eigenvalue weighted by Crippen LogP contribution is 2.17. The summed E-state index contributed by atoms with van der Waals surface area (Å²) in [4.78, 5) is 0. The van der Waals surface area contributed by atoms with Crippen molar-refractivity contribution in [3.63, 3.8) is 0 Å². The number of halogens is 1. The van der Waals surface area contributed by atoms with E-state index in [1.807, 2.05) is 0 Å². The number of nitrogens with one attached hydrogen (secondary N) is 1. The van der Waals surface area contributed by atoms with Gasteiger partial charge in [0.25, 0.3) is 0 Å². The quantitative estimate of drug-likeness (QED) is 0.567. The fourth-order valence-corrected chi connectivity index (χ4v) is 2.36.